The van der Waals surface area contributed by atoms with Gasteiger partial charge in [0.1, 0.15) is 5.01 Å². The van der Waals surface area contributed by atoms with E-state index in [-0.39, 0.29) is 27.3 Å². The van der Waals surface area contributed by atoms with E-state index in [0.29, 0.717) is 23.5 Å². The third-order valence-corrected chi connectivity index (χ3v) is 5.51. The number of amides is 2. The van der Waals surface area contributed by atoms with Crippen LogP contribution in [0.25, 0.3) is 0 Å². The van der Waals surface area contributed by atoms with E-state index in [1.54, 1.807) is 18.2 Å². The first kappa shape index (κ1) is 21.8. The summed E-state index contributed by atoms with van der Waals surface area (Å²) in [5, 5.41) is 24.8. The van der Waals surface area contributed by atoms with Crippen LogP contribution >= 0.6 is 38.9 Å². The van der Waals surface area contributed by atoms with Crippen molar-refractivity contribution in [1.29, 1.82) is 0 Å². The third kappa shape index (κ3) is 5.59. The fourth-order valence-electron chi connectivity index (χ4n) is 2.39. The monoisotopic (exact) mass is 509 g/mol. The van der Waals surface area contributed by atoms with E-state index >= 15 is 0 Å². The number of rotatable bonds is 7. The second-order valence-corrected chi connectivity index (χ2v) is 8.28. The molecule has 0 fully saturated rings. The predicted molar refractivity (Wildman–Crippen MR) is 116 cm³/mol. The van der Waals surface area contributed by atoms with Crippen LogP contribution in [0.3, 0.4) is 0 Å². The van der Waals surface area contributed by atoms with Crippen LogP contribution in [-0.2, 0) is 6.42 Å². The fraction of sp³-hybridized carbons (Fsp3) is 0.111. The van der Waals surface area contributed by atoms with E-state index in [4.69, 9.17) is 11.6 Å². The number of nitrogens with one attached hydrogen (secondary N) is 2. The number of nitro benzene ring substituents is 1. The number of halogens is 2. The molecule has 1 aromatic heterocycles. The Morgan fingerprint density at radius 3 is 2.67 bits per heavy atom. The summed E-state index contributed by atoms with van der Waals surface area (Å²) in [5.74, 6) is -0.761. The SMILES string of the molecule is O=C(NCCc1nnc(NC(=O)c2ccc([N+](=O)[O-])cc2Cl)s1)c1cccc(Br)c1. The second kappa shape index (κ2) is 9.74. The topological polar surface area (TPSA) is 127 Å². The van der Waals surface area contributed by atoms with Gasteiger partial charge in [0.25, 0.3) is 17.5 Å². The maximum absolute atomic E-state index is 12.3. The van der Waals surface area contributed by atoms with Crippen LogP contribution in [0.2, 0.25) is 5.02 Å². The summed E-state index contributed by atoms with van der Waals surface area (Å²) in [5.41, 5.74) is 0.412. The third-order valence-electron chi connectivity index (χ3n) is 3.81. The normalized spacial score (nSPS) is 10.5. The largest absolute Gasteiger partial charge is 0.352 e. The Hall–Kier alpha value is -2.89. The number of non-ortho nitro benzene ring substituents is 1. The van der Waals surface area contributed by atoms with Gasteiger partial charge in [0, 0.05) is 35.1 Å². The van der Waals surface area contributed by atoms with Gasteiger partial charge in [0.05, 0.1) is 15.5 Å². The molecule has 0 aliphatic carbocycles. The number of hydrogen-bond donors (Lipinski definition) is 2. The molecule has 3 rings (SSSR count). The maximum atomic E-state index is 12.3. The number of carbonyl (C=O) groups is 2. The lowest BCUT2D eigenvalue weighted by Crippen LogP contribution is -2.25. The van der Waals surface area contributed by atoms with Gasteiger partial charge in [0.15, 0.2) is 0 Å². The Morgan fingerprint density at radius 1 is 1.17 bits per heavy atom. The zero-order valence-electron chi connectivity index (χ0n) is 15.1. The number of hydrogen-bond acceptors (Lipinski definition) is 7. The molecule has 9 nitrogen and oxygen atoms in total. The zero-order valence-corrected chi connectivity index (χ0v) is 18.3. The van der Waals surface area contributed by atoms with Crippen molar-refractivity contribution in [2.75, 3.05) is 11.9 Å². The molecular formula is C18H13BrClN5O4S. The van der Waals surface area contributed by atoms with Crippen LogP contribution < -0.4 is 10.6 Å². The standard InChI is InChI=1S/C18H13BrClN5O4S/c19-11-3-1-2-10(8-11)16(26)21-7-6-15-23-24-18(30-15)22-17(27)13-5-4-12(25(28)29)9-14(13)20/h1-5,8-9H,6-7H2,(H,21,26)(H,22,24,27). The van der Waals surface area contributed by atoms with Crippen molar-refractivity contribution in [3.05, 3.63) is 78.2 Å². The Bertz CT molecular complexity index is 1120. The summed E-state index contributed by atoms with van der Waals surface area (Å²) >= 11 is 10.4. The number of anilines is 1. The first-order chi connectivity index (χ1) is 14.3. The number of carbonyl (C=O) groups excluding carboxylic acids is 2. The number of nitrogens with zero attached hydrogens (tertiary/aromatic N) is 3. The van der Waals surface area contributed by atoms with Crippen molar-refractivity contribution >= 4 is 61.5 Å². The van der Waals surface area contributed by atoms with Crippen molar-refractivity contribution in [2.24, 2.45) is 0 Å². The summed E-state index contributed by atoms with van der Waals surface area (Å²) in [6.45, 7) is 0.349. The molecule has 2 aromatic carbocycles. The van der Waals surface area contributed by atoms with Crippen LogP contribution in [0.15, 0.2) is 46.9 Å². The minimum absolute atomic E-state index is 0.0401. The molecule has 0 saturated heterocycles. The number of nitro groups is 1. The Morgan fingerprint density at radius 2 is 1.97 bits per heavy atom. The van der Waals surface area contributed by atoms with E-state index in [9.17, 15) is 19.7 Å². The van der Waals surface area contributed by atoms with Crippen LogP contribution in [0.4, 0.5) is 10.8 Å². The second-order valence-electron chi connectivity index (χ2n) is 5.89. The molecule has 0 radical (unpaired) electrons. The molecule has 2 amide bonds. The van der Waals surface area contributed by atoms with Gasteiger partial charge in [-0.3, -0.25) is 25.0 Å². The lowest BCUT2D eigenvalue weighted by molar-refractivity contribution is -0.384. The Kier molecular flexibility index (Phi) is 7.08. The van der Waals surface area contributed by atoms with E-state index in [0.717, 1.165) is 21.9 Å². The summed E-state index contributed by atoms with van der Waals surface area (Å²) in [4.78, 5) is 34.6. The van der Waals surface area contributed by atoms with Crippen LogP contribution in [0, 0.1) is 10.1 Å². The quantitative estimate of drug-likeness (QED) is 0.364. The van der Waals surface area contributed by atoms with Crippen LogP contribution in [0.1, 0.15) is 25.7 Å². The molecule has 0 saturated carbocycles. The summed E-state index contributed by atoms with van der Waals surface area (Å²) in [7, 11) is 0. The minimum Gasteiger partial charge on any atom is -0.352 e. The first-order valence-corrected chi connectivity index (χ1v) is 10.4. The molecule has 0 aliphatic heterocycles. The molecule has 1 heterocycles. The van der Waals surface area contributed by atoms with Crippen molar-refractivity contribution in [2.45, 2.75) is 6.42 Å². The van der Waals surface area contributed by atoms with Crippen molar-refractivity contribution in [1.82, 2.24) is 15.5 Å². The zero-order chi connectivity index (χ0) is 21.7. The highest BCUT2D eigenvalue weighted by atomic mass is 79.9. The highest BCUT2D eigenvalue weighted by molar-refractivity contribution is 9.10. The van der Waals surface area contributed by atoms with E-state index in [1.807, 2.05) is 6.07 Å². The maximum Gasteiger partial charge on any atom is 0.270 e. The first-order valence-electron chi connectivity index (χ1n) is 8.45. The Labute approximate surface area is 187 Å². The average Bonchev–Trinajstić information content (AvgIpc) is 3.14. The molecule has 154 valence electrons. The van der Waals surface area contributed by atoms with Gasteiger partial charge in [-0.05, 0) is 24.3 Å². The molecule has 12 heteroatoms. The minimum atomic E-state index is -0.597. The molecular weight excluding hydrogens is 498 g/mol. The fourth-order valence-corrected chi connectivity index (χ4v) is 3.78. The highest BCUT2D eigenvalue weighted by Gasteiger charge is 2.17. The van der Waals surface area contributed by atoms with Gasteiger partial charge in [-0.15, -0.1) is 10.2 Å². The lowest BCUT2D eigenvalue weighted by Gasteiger charge is -2.04. The predicted octanol–water partition coefficient (Wildman–Crippen LogP) is 4.09. The van der Waals surface area contributed by atoms with Crippen molar-refractivity contribution in [3.63, 3.8) is 0 Å². The Balaban J connectivity index is 1.54. The van der Waals surface area contributed by atoms with Crippen molar-refractivity contribution < 1.29 is 14.5 Å². The smallest absolute Gasteiger partial charge is 0.270 e. The summed E-state index contributed by atoms with van der Waals surface area (Å²) in [6, 6.07) is 10.6. The summed E-state index contributed by atoms with van der Waals surface area (Å²) in [6.07, 6.45) is 0.436. The molecule has 0 spiro atoms. The number of aromatic nitrogens is 2. The molecule has 0 bridgehead atoms. The van der Waals surface area contributed by atoms with Gasteiger partial charge in [-0.1, -0.05) is 44.9 Å². The molecule has 0 atom stereocenters. The van der Waals surface area contributed by atoms with E-state index < -0.39 is 10.8 Å². The molecule has 0 unspecified atom stereocenters. The van der Waals surface area contributed by atoms with Crippen LogP contribution in [0.5, 0.6) is 0 Å². The van der Waals surface area contributed by atoms with Gasteiger partial charge >= 0.3 is 0 Å². The van der Waals surface area contributed by atoms with E-state index in [2.05, 4.69) is 36.8 Å². The van der Waals surface area contributed by atoms with Gasteiger partial charge in [-0.25, -0.2) is 0 Å². The van der Waals surface area contributed by atoms with Gasteiger partial charge < -0.3 is 5.32 Å². The van der Waals surface area contributed by atoms with Crippen LogP contribution in [-0.4, -0.2) is 33.5 Å². The lowest BCUT2D eigenvalue weighted by atomic mass is 10.2. The van der Waals surface area contributed by atoms with Gasteiger partial charge in [-0.2, -0.15) is 0 Å². The molecule has 30 heavy (non-hydrogen) atoms. The summed E-state index contributed by atoms with van der Waals surface area (Å²) < 4.78 is 0.813. The molecule has 3 aromatic rings. The van der Waals surface area contributed by atoms with E-state index in [1.165, 1.54) is 12.1 Å². The average molecular weight is 511 g/mol. The number of benzene rings is 2. The van der Waals surface area contributed by atoms with Crippen molar-refractivity contribution in [3.8, 4) is 0 Å². The molecule has 0 aliphatic rings. The van der Waals surface area contributed by atoms with Gasteiger partial charge in [0.2, 0.25) is 5.13 Å². The molecule has 2 N–H and O–H groups in total. The highest BCUT2D eigenvalue weighted by Crippen LogP contribution is 2.24.